The number of amides is 1. The van der Waals surface area contributed by atoms with E-state index in [-0.39, 0.29) is 29.8 Å². The van der Waals surface area contributed by atoms with E-state index in [9.17, 15) is 9.59 Å². The zero-order valence-electron chi connectivity index (χ0n) is 13.9. The Hall–Kier alpha value is -1.72. The highest BCUT2D eigenvalue weighted by Gasteiger charge is 2.47. The summed E-state index contributed by atoms with van der Waals surface area (Å²) in [4.78, 5) is 24.4. The molecule has 1 heterocycles. The van der Waals surface area contributed by atoms with Crippen LogP contribution in [0.4, 0.5) is 4.79 Å². The summed E-state index contributed by atoms with van der Waals surface area (Å²) >= 11 is 12.2. The highest BCUT2D eigenvalue weighted by molar-refractivity contribution is 6.38. The number of carbonyl (C=O) groups is 2. The molecule has 0 spiro atoms. The smallest absolute Gasteiger partial charge is 0.434 e. The Morgan fingerprint density at radius 2 is 2.00 bits per heavy atom. The Balaban J connectivity index is 2.62. The average Bonchev–Trinajstić information content (AvgIpc) is 2.72. The summed E-state index contributed by atoms with van der Waals surface area (Å²) in [5.41, 5.74) is -0.203. The second-order valence-corrected chi connectivity index (χ2v) is 6.77. The maximum Gasteiger partial charge on any atom is 0.513 e. The summed E-state index contributed by atoms with van der Waals surface area (Å²) in [7, 11) is 0. The molecule has 0 fully saturated rings. The molecule has 1 amide bonds. The van der Waals surface area contributed by atoms with E-state index in [0.29, 0.717) is 15.6 Å². The van der Waals surface area contributed by atoms with Crippen LogP contribution in [0.15, 0.2) is 24.0 Å². The third-order valence-corrected chi connectivity index (χ3v) is 4.65. The molecule has 0 aliphatic carbocycles. The number of hydrogen-bond acceptors (Lipinski definition) is 4. The van der Waals surface area contributed by atoms with Crippen LogP contribution in [0.25, 0.3) is 5.57 Å². The molecule has 0 radical (unpaired) electrons. The minimum absolute atomic E-state index is 0.0329. The Morgan fingerprint density at radius 1 is 1.33 bits per heavy atom. The molecule has 0 saturated carbocycles. The van der Waals surface area contributed by atoms with Gasteiger partial charge < -0.3 is 14.8 Å². The Kier molecular flexibility index (Phi) is 5.45. The first-order valence-corrected chi connectivity index (χ1v) is 8.33. The highest BCUT2D eigenvalue weighted by Crippen LogP contribution is 2.41. The molecule has 130 valence electrons. The summed E-state index contributed by atoms with van der Waals surface area (Å²) in [6.45, 7) is 7.47. The minimum Gasteiger partial charge on any atom is -0.434 e. The number of benzene rings is 1. The number of rotatable bonds is 4. The van der Waals surface area contributed by atoms with Gasteiger partial charge in [0.2, 0.25) is 0 Å². The van der Waals surface area contributed by atoms with E-state index in [1.54, 1.807) is 26.0 Å². The van der Waals surface area contributed by atoms with E-state index in [1.165, 1.54) is 6.07 Å². The van der Waals surface area contributed by atoms with Gasteiger partial charge in [-0.3, -0.25) is 4.79 Å². The summed E-state index contributed by atoms with van der Waals surface area (Å²) in [6, 6.07) is 4.78. The lowest BCUT2D eigenvalue weighted by atomic mass is 9.86. The van der Waals surface area contributed by atoms with Crippen molar-refractivity contribution < 1.29 is 19.1 Å². The fourth-order valence-electron chi connectivity index (χ4n) is 2.45. The van der Waals surface area contributed by atoms with Crippen molar-refractivity contribution in [3.63, 3.8) is 0 Å². The maximum absolute atomic E-state index is 12.6. The molecule has 1 aromatic rings. The highest BCUT2D eigenvalue weighted by atomic mass is 35.5. The molecule has 7 heteroatoms. The van der Waals surface area contributed by atoms with Crippen LogP contribution in [-0.2, 0) is 14.3 Å². The summed E-state index contributed by atoms with van der Waals surface area (Å²) < 4.78 is 10.3. The standard InChI is InChI=1S/C17H19Cl2NO4/c1-5-23-16(22)24-14-13(11-7-6-10(18)8-12(11)19)15(21)20-17(14,4)9(2)3/h6-9H,5H2,1-4H3,(H,20,21). The van der Waals surface area contributed by atoms with Crippen molar-refractivity contribution in [3.8, 4) is 0 Å². The summed E-state index contributed by atoms with van der Waals surface area (Å²) in [5, 5.41) is 3.62. The normalized spacial score (nSPS) is 20.4. The average molecular weight is 372 g/mol. The summed E-state index contributed by atoms with van der Waals surface area (Å²) in [6.07, 6.45) is -0.863. The Labute approximate surface area is 150 Å². The van der Waals surface area contributed by atoms with E-state index in [0.717, 1.165) is 0 Å². The predicted octanol–water partition coefficient (Wildman–Crippen LogP) is 4.42. The van der Waals surface area contributed by atoms with Gasteiger partial charge in [-0.15, -0.1) is 0 Å². The van der Waals surface area contributed by atoms with Crippen LogP contribution in [0.2, 0.25) is 10.0 Å². The zero-order valence-corrected chi connectivity index (χ0v) is 15.4. The molecule has 24 heavy (non-hydrogen) atoms. The maximum atomic E-state index is 12.6. The lowest BCUT2D eigenvalue weighted by Gasteiger charge is -2.30. The van der Waals surface area contributed by atoms with Crippen molar-refractivity contribution in [2.45, 2.75) is 33.2 Å². The molecule has 1 aromatic carbocycles. The van der Waals surface area contributed by atoms with Crippen LogP contribution in [0.1, 0.15) is 33.3 Å². The monoisotopic (exact) mass is 371 g/mol. The van der Waals surface area contributed by atoms with Crippen LogP contribution in [-0.4, -0.2) is 24.2 Å². The molecule has 2 rings (SSSR count). The van der Waals surface area contributed by atoms with E-state index in [4.69, 9.17) is 32.7 Å². The second-order valence-electron chi connectivity index (χ2n) is 5.92. The lowest BCUT2D eigenvalue weighted by Crippen LogP contribution is -2.47. The molecule has 1 unspecified atom stereocenters. The lowest BCUT2D eigenvalue weighted by molar-refractivity contribution is -0.116. The van der Waals surface area contributed by atoms with Crippen molar-refractivity contribution in [2.24, 2.45) is 5.92 Å². The van der Waals surface area contributed by atoms with Gasteiger partial charge in [0, 0.05) is 10.6 Å². The zero-order chi connectivity index (χ0) is 18.1. The molecular formula is C17H19Cl2NO4. The number of hydrogen-bond donors (Lipinski definition) is 1. The van der Waals surface area contributed by atoms with E-state index >= 15 is 0 Å². The molecule has 0 bridgehead atoms. The molecule has 5 nitrogen and oxygen atoms in total. The largest absolute Gasteiger partial charge is 0.513 e. The van der Waals surface area contributed by atoms with Crippen LogP contribution < -0.4 is 5.32 Å². The van der Waals surface area contributed by atoms with Gasteiger partial charge in [-0.05, 0) is 31.9 Å². The SMILES string of the molecule is CCOC(=O)OC1=C(c2ccc(Cl)cc2Cl)C(=O)NC1(C)C(C)C. The second kappa shape index (κ2) is 7.03. The van der Waals surface area contributed by atoms with Gasteiger partial charge in [0.05, 0.1) is 22.7 Å². The number of carbonyl (C=O) groups excluding carboxylic acids is 2. The molecule has 1 N–H and O–H groups in total. The van der Waals surface area contributed by atoms with Crippen molar-refractivity contribution in [1.29, 1.82) is 0 Å². The van der Waals surface area contributed by atoms with Crippen LogP contribution >= 0.6 is 23.2 Å². The Bertz CT molecular complexity index is 715. The van der Waals surface area contributed by atoms with Gasteiger partial charge in [-0.2, -0.15) is 0 Å². The van der Waals surface area contributed by atoms with Gasteiger partial charge in [0.1, 0.15) is 5.76 Å². The van der Waals surface area contributed by atoms with E-state index in [2.05, 4.69) is 5.32 Å². The first-order valence-electron chi connectivity index (χ1n) is 7.58. The number of halogens is 2. The van der Waals surface area contributed by atoms with Crippen molar-refractivity contribution in [2.75, 3.05) is 6.61 Å². The quantitative estimate of drug-likeness (QED) is 0.795. The van der Waals surface area contributed by atoms with Crippen LogP contribution in [0, 0.1) is 5.92 Å². The number of ether oxygens (including phenoxy) is 2. The van der Waals surface area contributed by atoms with Crippen molar-refractivity contribution in [3.05, 3.63) is 39.6 Å². The van der Waals surface area contributed by atoms with Crippen LogP contribution in [0.3, 0.4) is 0 Å². The van der Waals surface area contributed by atoms with E-state index < -0.39 is 11.7 Å². The fraction of sp³-hybridized carbons (Fsp3) is 0.412. The third-order valence-electron chi connectivity index (χ3n) is 4.10. The molecule has 0 saturated heterocycles. The van der Waals surface area contributed by atoms with Crippen LogP contribution in [0.5, 0.6) is 0 Å². The van der Waals surface area contributed by atoms with E-state index in [1.807, 2.05) is 13.8 Å². The summed E-state index contributed by atoms with van der Waals surface area (Å²) in [5.74, 6) is -0.200. The van der Waals surface area contributed by atoms with Gasteiger partial charge in [-0.1, -0.05) is 43.1 Å². The van der Waals surface area contributed by atoms with Gasteiger partial charge in [-0.25, -0.2) is 4.79 Å². The molecule has 0 aromatic heterocycles. The van der Waals surface area contributed by atoms with Gasteiger partial charge >= 0.3 is 6.16 Å². The first-order chi connectivity index (χ1) is 11.2. The fourth-order valence-corrected chi connectivity index (χ4v) is 2.95. The predicted molar refractivity (Wildman–Crippen MR) is 92.9 cm³/mol. The van der Waals surface area contributed by atoms with Crippen molar-refractivity contribution >= 4 is 40.8 Å². The molecule has 1 aliphatic rings. The van der Waals surface area contributed by atoms with Crippen molar-refractivity contribution in [1.82, 2.24) is 5.32 Å². The Morgan fingerprint density at radius 3 is 2.54 bits per heavy atom. The minimum atomic E-state index is -0.863. The third kappa shape index (κ3) is 3.37. The van der Waals surface area contributed by atoms with Gasteiger partial charge in [0.15, 0.2) is 0 Å². The molecule has 1 aliphatic heterocycles. The van der Waals surface area contributed by atoms with Gasteiger partial charge in [0.25, 0.3) is 5.91 Å². The molecule has 1 atom stereocenters. The first kappa shape index (κ1) is 18.6. The molecular weight excluding hydrogens is 353 g/mol. The topological polar surface area (TPSA) is 64.6 Å². The number of nitrogens with one attached hydrogen (secondary N) is 1.